The molecule has 9 nitrogen and oxygen atoms in total. The predicted octanol–water partition coefficient (Wildman–Crippen LogP) is -1.49. The summed E-state index contributed by atoms with van der Waals surface area (Å²) in [6.07, 6.45) is 0. The van der Waals surface area contributed by atoms with Gasteiger partial charge in [-0.15, -0.1) is 0 Å². The smallest absolute Gasteiger partial charge is 0.726 e. The third-order valence-electron chi connectivity index (χ3n) is 1.64. The van der Waals surface area contributed by atoms with Crippen molar-refractivity contribution < 1.29 is 59.2 Å². The van der Waals surface area contributed by atoms with Crippen molar-refractivity contribution in [2.75, 3.05) is 26.4 Å². The molecule has 120 valence electrons. The van der Waals surface area contributed by atoms with Gasteiger partial charge in [-0.25, -0.2) is 17.8 Å². The molecule has 0 aromatic carbocycles. The summed E-state index contributed by atoms with van der Waals surface area (Å²) in [7, 11) is -9.06. The standard InChI is InChI=1S/C9H19O9PS.Li/c1-4-16-19(11,9(10)15-7-8(2)3)17-5-6-18-20(12,13)14;/h8H,4-7H2,1-3H3,(H,12,13,14);/q;+1/p-1. The Kier molecular flexibility index (Phi) is 12.0. The molecule has 0 fully saturated rings. The van der Waals surface area contributed by atoms with E-state index >= 15 is 0 Å². The SMILES string of the molecule is CCOP(=O)(OCCOS(=O)(=O)[O-])C(=O)OCC(C)C.[Li+]. The maximum Gasteiger partial charge on any atom is 1.00 e. The van der Waals surface area contributed by atoms with E-state index in [4.69, 9.17) is 9.26 Å². The van der Waals surface area contributed by atoms with Crippen LogP contribution in [0.5, 0.6) is 0 Å². The minimum Gasteiger partial charge on any atom is -0.726 e. The monoisotopic (exact) mass is 340 g/mol. The van der Waals surface area contributed by atoms with Gasteiger partial charge in [0, 0.05) is 0 Å². The maximum atomic E-state index is 12.0. The van der Waals surface area contributed by atoms with Crippen molar-refractivity contribution in [2.45, 2.75) is 20.8 Å². The Bertz CT molecular complexity index is 450. The van der Waals surface area contributed by atoms with Crippen LogP contribution in [0, 0.1) is 5.92 Å². The Morgan fingerprint density at radius 3 is 2.24 bits per heavy atom. The second-order valence-electron chi connectivity index (χ2n) is 3.95. The number of hydrogen-bond donors (Lipinski definition) is 0. The van der Waals surface area contributed by atoms with Crippen molar-refractivity contribution in [1.82, 2.24) is 0 Å². The minimum atomic E-state index is -4.87. The Labute approximate surface area is 136 Å². The molecule has 1 unspecified atom stereocenters. The molecule has 0 aliphatic carbocycles. The van der Waals surface area contributed by atoms with Gasteiger partial charge in [-0.1, -0.05) is 13.8 Å². The van der Waals surface area contributed by atoms with E-state index in [1.54, 1.807) is 13.8 Å². The summed E-state index contributed by atoms with van der Waals surface area (Å²) in [6, 6.07) is 0. The summed E-state index contributed by atoms with van der Waals surface area (Å²) < 4.78 is 60.6. The second-order valence-corrected chi connectivity index (χ2v) is 6.88. The first-order valence-corrected chi connectivity index (χ1v) is 8.65. The van der Waals surface area contributed by atoms with Crippen molar-refractivity contribution >= 4 is 23.7 Å². The molecule has 12 heteroatoms. The molecule has 21 heavy (non-hydrogen) atoms. The van der Waals surface area contributed by atoms with Gasteiger partial charge in [-0.2, -0.15) is 0 Å². The normalized spacial score (nSPS) is 14.3. The van der Waals surface area contributed by atoms with E-state index in [1.165, 1.54) is 6.92 Å². The van der Waals surface area contributed by atoms with E-state index in [1.807, 2.05) is 0 Å². The van der Waals surface area contributed by atoms with Crippen molar-refractivity contribution in [3.05, 3.63) is 0 Å². The molecule has 0 aromatic heterocycles. The van der Waals surface area contributed by atoms with Gasteiger partial charge in [0.05, 0.1) is 26.4 Å². The minimum absolute atomic E-state index is 0. The molecule has 0 aromatic rings. The van der Waals surface area contributed by atoms with Crippen molar-refractivity contribution in [1.29, 1.82) is 0 Å². The molecule has 0 bridgehead atoms. The molecule has 0 saturated carbocycles. The van der Waals surface area contributed by atoms with Gasteiger partial charge in [0.2, 0.25) is 10.4 Å². The third kappa shape index (κ3) is 11.3. The molecule has 0 spiro atoms. The van der Waals surface area contributed by atoms with Crippen LogP contribution in [-0.2, 0) is 32.9 Å². The van der Waals surface area contributed by atoms with E-state index in [0.717, 1.165) is 0 Å². The van der Waals surface area contributed by atoms with Crippen molar-refractivity contribution in [3.8, 4) is 0 Å². The van der Waals surface area contributed by atoms with E-state index in [9.17, 15) is 22.3 Å². The topological polar surface area (TPSA) is 128 Å². The van der Waals surface area contributed by atoms with E-state index in [0.29, 0.717) is 0 Å². The first kappa shape index (κ1) is 23.4. The van der Waals surface area contributed by atoms with Gasteiger partial charge < -0.3 is 13.8 Å². The fourth-order valence-corrected chi connectivity index (χ4v) is 2.37. The van der Waals surface area contributed by atoms with Gasteiger partial charge >= 0.3 is 32.2 Å². The van der Waals surface area contributed by atoms with Gasteiger partial charge in [0.1, 0.15) is 0 Å². The predicted molar refractivity (Wildman–Crippen MR) is 67.0 cm³/mol. The number of ether oxygens (including phenoxy) is 1. The average Bonchev–Trinajstić information content (AvgIpc) is 2.31. The molecule has 0 amide bonds. The zero-order valence-electron chi connectivity index (χ0n) is 12.4. The zero-order chi connectivity index (χ0) is 15.8. The van der Waals surface area contributed by atoms with Gasteiger partial charge in [0.25, 0.3) is 0 Å². The first-order valence-electron chi connectivity index (χ1n) is 5.77. The fraction of sp³-hybridized carbons (Fsp3) is 0.889. The Balaban J connectivity index is 0. The van der Waals surface area contributed by atoms with Crippen LogP contribution in [0.15, 0.2) is 0 Å². The second kappa shape index (κ2) is 10.8. The summed E-state index contributed by atoms with van der Waals surface area (Å²) in [4.78, 5) is 11.6. The molecule has 0 saturated heterocycles. The summed E-state index contributed by atoms with van der Waals surface area (Å²) in [5.74, 6) is 0.0305. The first-order chi connectivity index (χ1) is 9.10. The quantitative estimate of drug-likeness (QED) is 0.153. The summed E-state index contributed by atoms with van der Waals surface area (Å²) >= 11 is 0. The average molecular weight is 340 g/mol. The molecular weight excluding hydrogens is 322 g/mol. The summed E-state index contributed by atoms with van der Waals surface area (Å²) in [6.45, 7) is 3.76. The van der Waals surface area contributed by atoms with Crippen molar-refractivity contribution in [2.24, 2.45) is 5.92 Å². The number of hydrogen-bond acceptors (Lipinski definition) is 9. The van der Waals surface area contributed by atoms with E-state index < -0.39 is 36.9 Å². The van der Waals surface area contributed by atoms with Crippen LogP contribution < -0.4 is 18.9 Å². The molecule has 1 atom stereocenters. The molecule has 0 aliphatic rings. The number of carbonyl (C=O) groups is 1. The zero-order valence-corrected chi connectivity index (χ0v) is 14.1. The molecule has 0 aliphatic heterocycles. The van der Waals surface area contributed by atoms with Gasteiger partial charge in [-0.05, 0) is 12.8 Å². The van der Waals surface area contributed by atoms with Gasteiger partial charge in [-0.3, -0.25) is 8.71 Å². The van der Waals surface area contributed by atoms with E-state index in [2.05, 4.69) is 8.71 Å². The Hall–Kier alpha value is 0.0874. The third-order valence-corrected chi connectivity index (χ3v) is 3.79. The maximum absolute atomic E-state index is 12.0. The van der Waals surface area contributed by atoms with Crippen LogP contribution in [-0.4, -0.2) is 45.1 Å². The van der Waals surface area contributed by atoms with Crippen LogP contribution in [0.1, 0.15) is 20.8 Å². The molecule has 0 radical (unpaired) electrons. The van der Waals surface area contributed by atoms with Crippen LogP contribution in [0.4, 0.5) is 4.79 Å². The summed E-state index contributed by atoms with van der Waals surface area (Å²) in [5.41, 5.74) is -1.17. The molecule has 0 N–H and O–H groups in total. The van der Waals surface area contributed by atoms with Gasteiger partial charge in [0.15, 0.2) is 0 Å². The summed E-state index contributed by atoms with van der Waals surface area (Å²) in [5, 5.41) is 0. The Morgan fingerprint density at radius 2 is 1.81 bits per heavy atom. The van der Waals surface area contributed by atoms with Crippen LogP contribution in [0.3, 0.4) is 0 Å². The number of carbonyl (C=O) groups excluding carboxylic acids is 1. The Morgan fingerprint density at radius 1 is 1.24 bits per heavy atom. The van der Waals surface area contributed by atoms with Crippen LogP contribution in [0.25, 0.3) is 0 Å². The van der Waals surface area contributed by atoms with Crippen LogP contribution >= 0.6 is 7.60 Å². The number of rotatable bonds is 10. The molecule has 0 heterocycles. The van der Waals surface area contributed by atoms with Crippen LogP contribution in [0.2, 0.25) is 0 Å². The molecule has 0 rings (SSSR count). The molecular formula is C9H18LiO9PS. The largest absolute Gasteiger partial charge is 1.00 e. The van der Waals surface area contributed by atoms with E-state index in [-0.39, 0.29) is 38.0 Å². The van der Waals surface area contributed by atoms with Crippen molar-refractivity contribution in [3.63, 3.8) is 0 Å². The fourth-order valence-electron chi connectivity index (χ4n) is 0.923.